The van der Waals surface area contributed by atoms with Gasteiger partial charge in [0.2, 0.25) is 5.88 Å². The van der Waals surface area contributed by atoms with Gasteiger partial charge in [0.05, 0.1) is 12.2 Å². The van der Waals surface area contributed by atoms with Crippen LogP contribution in [0.5, 0.6) is 5.88 Å². The SMILES string of the molecule is Cc1cccc(OC2CCC(C(=O)Cc3ccc(N4C[C@@H](C)O[C@@H](C)C4)cc3)CC2)n1. The summed E-state index contributed by atoms with van der Waals surface area (Å²) in [5.74, 6) is 1.19. The number of carbonyl (C=O) groups is 1. The normalized spacial score (nSPS) is 26.5. The number of hydrogen-bond acceptors (Lipinski definition) is 5. The van der Waals surface area contributed by atoms with Gasteiger partial charge in [-0.2, -0.15) is 0 Å². The predicted molar refractivity (Wildman–Crippen MR) is 123 cm³/mol. The van der Waals surface area contributed by atoms with E-state index in [4.69, 9.17) is 9.47 Å². The lowest BCUT2D eigenvalue weighted by Crippen LogP contribution is -2.45. The largest absolute Gasteiger partial charge is 0.474 e. The highest BCUT2D eigenvalue weighted by Crippen LogP contribution is 2.29. The maximum absolute atomic E-state index is 12.9. The van der Waals surface area contributed by atoms with E-state index < -0.39 is 0 Å². The summed E-state index contributed by atoms with van der Waals surface area (Å²) < 4.78 is 11.9. The fraction of sp³-hybridized carbons (Fsp3) is 0.538. The second-order valence-corrected chi connectivity index (χ2v) is 9.18. The third-order valence-electron chi connectivity index (χ3n) is 6.38. The summed E-state index contributed by atoms with van der Waals surface area (Å²) in [6.07, 6.45) is 4.80. The lowest BCUT2D eigenvalue weighted by molar-refractivity contribution is -0.123. The minimum atomic E-state index is 0.144. The van der Waals surface area contributed by atoms with Crippen molar-refractivity contribution in [2.45, 2.75) is 71.2 Å². The molecule has 2 atom stereocenters. The number of rotatable bonds is 6. The second-order valence-electron chi connectivity index (χ2n) is 9.18. The van der Waals surface area contributed by atoms with Gasteiger partial charge < -0.3 is 14.4 Å². The van der Waals surface area contributed by atoms with Crippen LogP contribution in [-0.4, -0.2) is 42.2 Å². The summed E-state index contributed by atoms with van der Waals surface area (Å²) in [5.41, 5.74) is 3.27. The first-order valence-electron chi connectivity index (χ1n) is 11.6. The van der Waals surface area contributed by atoms with Crippen LogP contribution < -0.4 is 9.64 Å². The van der Waals surface area contributed by atoms with E-state index >= 15 is 0 Å². The smallest absolute Gasteiger partial charge is 0.213 e. The molecular formula is C26H34N2O3. The number of benzene rings is 1. The van der Waals surface area contributed by atoms with E-state index in [1.165, 1.54) is 5.69 Å². The maximum Gasteiger partial charge on any atom is 0.213 e. The third-order valence-corrected chi connectivity index (χ3v) is 6.38. The first kappa shape index (κ1) is 21.8. The molecule has 1 saturated carbocycles. The molecular weight excluding hydrogens is 388 g/mol. The Balaban J connectivity index is 1.26. The Bertz CT molecular complexity index is 864. The summed E-state index contributed by atoms with van der Waals surface area (Å²) in [4.78, 5) is 19.7. The van der Waals surface area contributed by atoms with E-state index in [1.807, 2.05) is 25.1 Å². The van der Waals surface area contributed by atoms with Gasteiger partial charge >= 0.3 is 0 Å². The van der Waals surface area contributed by atoms with Crippen molar-refractivity contribution in [2.75, 3.05) is 18.0 Å². The minimum Gasteiger partial charge on any atom is -0.474 e. The summed E-state index contributed by atoms with van der Waals surface area (Å²) in [6.45, 7) is 8.02. The van der Waals surface area contributed by atoms with Crippen molar-refractivity contribution in [1.29, 1.82) is 0 Å². The number of morpholine rings is 1. The molecule has 166 valence electrons. The van der Waals surface area contributed by atoms with Crippen molar-refractivity contribution in [2.24, 2.45) is 5.92 Å². The Morgan fingerprint density at radius 2 is 1.71 bits per heavy atom. The van der Waals surface area contributed by atoms with Crippen LogP contribution in [0.25, 0.3) is 0 Å². The quantitative estimate of drug-likeness (QED) is 0.672. The molecule has 2 aliphatic rings. The number of nitrogens with zero attached hydrogens (tertiary/aromatic N) is 2. The molecule has 1 aliphatic heterocycles. The van der Waals surface area contributed by atoms with Gasteiger partial charge in [-0.05, 0) is 70.2 Å². The van der Waals surface area contributed by atoms with Crippen LogP contribution in [0.3, 0.4) is 0 Å². The van der Waals surface area contributed by atoms with Crippen LogP contribution in [0, 0.1) is 12.8 Å². The Morgan fingerprint density at radius 3 is 2.35 bits per heavy atom. The number of hydrogen-bond donors (Lipinski definition) is 0. The number of pyridine rings is 1. The van der Waals surface area contributed by atoms with E-state index in [0.29, 0.717) is 18.1 Å². The van der Waals surface area contributed by atoms with Crippen molar-refractivity contribution < 1.29 is 14.3 Å². The second kappa shape index (κ2) is 9.82. The number of aromatic nitrogens is 1. The molecule has 2 aromatic rings. The minimum absolute atomic E-state index is 0.144. The topological polar surface area (TPSA) is 51.7 Å². The van der Waals surface area contributed by atoms with Gasteiger partial charge in [0.15, 0.2) is 0 Å². The highest BCUT2D eigenvalue weighted by atomic mass is 16.5. The lowest BCUT2D eigenvalue weighted by Gasteiger charge is -2.36. The average molecular weight is 423 g/mol. The molecule has 5 nitrogen and oxygen atoms in total. The van der Waals surface area contributed by atoms with Crippen molar-refractivity contribution in [3.8, 4) is 5.88 Å². The molecule has 0 spiro atoms. The van der Waals surface area contributed by atoms with Crippen molar-refractivity contribution in [3.05, 3.63) is 53.7 Å². The summed E-state index contributed by atoms with van der Waals surface area (Å²) in [7, 11) is 0. The molecule has 0 radical (unpaired) electrons. The molecule has 0 amide bonds. The van der Waals surface area contributed by atoms with Crippen molar-refractivity contribution in [3.63, 3.8) is 0 Å². The van der Waals surface area contributed by atoms with E-state index in [9.17, 15) is 4.79 Å². The van der Waals surface area contributed by atoms with Crippen molar-refractivity contribution >= 4 is 11.5 Å². The Kier molecular flexibility index (Phi) is 6.91. The third kappa shape index (κ3) is 5.85. The molecule has 5 heteroatoms. The molecule has 4 rings (SSSR count). The monoisotopic (exact) mass is 422 g/mol. The Labute approximate surface area is 185 Å². The summed E-state index contributed by atoms with van der Waals surface area (Å²) in [5, 5.41) is 0. The highest BCUT2D eigenvalue weighted by molar-refractivity contribution is 5.83. The van der Waals surface area contributed by atoms with Gasteiger partial charge in [-0.3, -0.25) is 4.79 Å². The van der Waals surface area contributed by atoms with Crippen LogP contribution >= 0.6 is 0 Å². The van der Waals surface area contributed by atoms with E-state index in [2.05, 4.69) is 48.0 Å². The highest BCUT2D eigenvalue weighted by Gasteiger charge is 2.27. The lowest BCUT2D eigenvalue weighted by atomic mass is 9.83. The fourth-order valence-corrected chi connectivity index (χ4v) is 4.82. The fourth-order valence-electron chi connectivity index (χ4n) is 4.82. The average Bonchev–Trinajstić information content (AvgIpc) is 2.74. The molecule has 2 heterocycles. The van der Waals surface area contributed by atoms with Gasteiger partial charge in [0, 0.05) is 42.9 Å². The number of anilines is 1. The van der Waals surface area contributed by atoms with E-state index in [1.54, 1.807) is 0 Å². The van der Waals surface area contributed by atoms with E-state index in [-0.39, 0.29) is 24.2 Å². The number of ketones is 1. The zero-order chi connectivity index (χ0) is 21.8. The molecule has 0 bridgehead atoms. The number of aryl methyl sites for hydroxylation is 1. The predicted octanol–water partition coefficient (Wildman–Crippen LogP) is 4.75. The molecule has 0 unspecified atom stereocenters. The molecule has 1 aromatic carbocycles. The number of carbonyl (C=O) groups excluding carboxylic acids is 1. The molecule has 1 saturated heterocycles. The van der Waals surface area contributed by atoms with Crippen LogP contribution in [0.15, 0.2) is 42.5 Å². The standard InChI is InChI=1S/C26H34N2O3/c1-18-5-4-6-26(27-18)31-24-13-9-22(10-14-24)25(29)15-21-7-11-23(12-8-21)28-16-19(2)30-20(3)17-28/h4-8,11-12,19-20,22,24H,9-10,13-17H2,1-3H3/t19-,20+,22?,24?. The van der Waals surface area contributed by atoms with Gasteiger partial charge in [-0.25, -0.2) is 4.98 Å². The van der Waals surface area contributed by atoms with Crippen LogP contribution in [-0.2, 0) is 16.0 Å². The number of Topliss-reactive ketones (excluding diaryl/α,β-unsaturated/α-hetero) is 1. The van der Waals surface area contributed by atoms with Gasteiger partial charge in [0.25, 0.3) is 0 Å². The summed E-state index contributed by atoms with van der Waals surface area (Å²) in [6, 6.07) is 14.4. The molecule has 0 N–H and O–H groups in total. The van der Waals surface area contributed by atoms with Gasteiger partial charge in [-0.1, -0.05) is 18.2 Å². The first-order chi connectivity index (χ1) is 15.0. The maximum atomic E-state index is 12.9. The number of ether oxygens (including phenoxy) is 2. The molecule has 2 fully saturated rings. The zero-order valence-electron chi connectivity index (χ0n) is 18.9. The van der Waals surface area contributed by atoms with Gasteiger partial charge in [-0.15, -0.1) is 0 Å². The summed E-state index contributed by atoms with van der Waals surface area (Å²) >= 11 is 0. The Hall–Kier alpha value is -2.40. The molecule has 31 heavy (non-hydrogen) atoms. The van der Waals surface area contributed by atoms with Crippen LogP contribution in [0.2, 0.25) is 0 Å². The van der Waals surface area contributed by atoms with Crippen LogP contribution in [0.4, 0.5) is 5.69 Å². The molecule has 1 aromatic heterocycles. The van der Waals surface area contributed by atoms with Crippen LogP contribution in [0.1, 0.15) is 50.8 Å². The van der Waals surface area contributed by atoms with Gasteiger partial charge in [0.1, 0.15) is 11.9 Å². The van der Waals surface area contributed by atoms with Crippen molar-refractivity contribution in [1.82, 2.24) is 4.98 Å². The zero-order valence-corrected chi connectivity index (χ0v) is 18.9. The molecule has 1 aliphatic carbocycles. The first-order valence-corrected chi connectivity index (χ1v) is 11.6. The Morgan fingerprint density at radius 1 is 1.03 bits per heavy atom. The van der Waals surface area contributed by atoms with E-state index in [0.717, 1.165) is 50.0 Å².